The van der Waals surface area contributed by atoms with E-state index in [0.29, 0.717) is 0 Å². The summed E-state index contributed by atoms with van der Waals surface area (Å²) in [5.74, 6) is -1.45. The molecule has 64 valence electrons. The van der Waals surface area contributed by atoms with Crippen LogP contribution in [-0.4, -0.2) is 21.0 Å². The van der Waals surface area contributed by atoms with Gasteiger partial charge < -0.3 is 5.11 Å². The van der Waals surface area contributed by atoms with E-state index in [1.165, 1.54) is 0 Å². The Morgan fingerprint density at radius 3 is 2.67 bits per heavy atom. The molecular formula is C6H4F2N2O2. The lowest BCUT2D eigenvalue weighted by Crippen LogP contribution is -2.05. The summed E-state index contributed by atoms with van der Waals surface area (Å²) in [6.07, 6.45) is -1.16. The molecule has 1 N–H and O–H groups in total. The summed E-state index contributed by atoms with van der Waals surface area (Å²) in [7, 11) is 0. The van der Waals surface area contributed by atoms with Gasteiger partial charge in [-0.2, -0.15) is 0 Å². The average Bonchev–Trinajstić information content (AvgIpc) is 2.04. The van der Waals surface area contributed by atoms with E-state index in [9.17, 15) is 13.6 Å². The molecule has 1 rings (SSSR count). The molecule has 0 aromatic carbocycles. The molecule has 1 heterocycles. The Morgan fingerprint density at radius 2 is 2.25 bits per heavy atom. The summed E-state index contributed by atoms with van der Waals surface area (Å²) in [4.78, 5) is 16.8. The SMILES string of the molecule is O=C(O)c1cncnc1C(F)F. The van der Waals surface area contributed by atoms with Crippen LogP contribution >= 0.6 is 0 Å². The van der Waals surface area contributed by atoms with E-state index in [2.05, 4.69) is 9.97 Å². The lowest BCUT2D eigenvalue weighted by atomic mass is 10.2. The van der Waals surface area contributed by atoms with Crippen LogP contribution in [0.2, 0.25) is 0 Å². The van der Waals surface area contributed by atoms with Crippen LogP contribution in [0.5, 0.6) is 0 Å². The van der Waals surface area contributed by atoms with E-state index in [4.69, 9.17) is 5.11 Å². The van der Waals surface area contributed by atoms with Gasteiger partial charge >= 0.3 is 5.97 Å². The third-order valence-corrected chi connectivity index (χ3v) is 1.18. The Hall–Kier alpha value is -1.59. The summed E-state index contributed by atoms with van der Waals surface area (Å²) in [6, 6.07) is 0. The average molecular weight is 174 g/mol. The standard InChI is InChI=1S/C6H4F2N2O2/c7-5(8)4-3(6(11)12)1-9-2-10-4/h1-2,5H,(H,11,12). The second-order valence-corrected chi connectivity index (χ2v) is 1.93. The van der Waals surface area contributed by atoms with Crippen LogP contribution in [0.3, 0.4) is 0 Å². The van der Waals surface area contributed by atoms with Crippen LogP contribution in [0.4, 0.5) is 8.78 Å². The molecule has 0 bridgehead atoms. The molecule has 0 fully saturated rings. The van der Waals surface area contributed by atoms with Gasteiger partial charge in [-0.05, 0) is 0 Å². The molecule has 0 amide bonds. The van der Waals surface area contributed by atoms with Crippen molar-refractivity contribution < 1.29 is 18.7 Å². The molecule has 0 radical (unpaired) electrons. The Balaban J connectivity index is 3.17. The maximum Gasteiger partial charge on any atom is 0.339 e. The molecule has 0 saturated heterocycles. The summed E-state index contributed by atoms with van der Waals surface area (Å²) in [5, 5.41) is 8.40. The first kappa shape index (κ1) is 8.51. The van der Waals surface area contributed by atoms with Crippen LogP contribution in [0.1, 0.15) is 22.5 Å². The molecule has 0 saturated carbocycles. The van der Waals surface area contributed by atoms with Crippen molar-refractivity contribution in [2.24, 2.45) is 0 Å². The van der Waals surface area contributed by atoms with Crippen molar-refractivity contribution in [3.8, 4) is 0 Å². The van der Waals surface area contributed by atoms with E-state index in [1.54, 1.807) is 0 Å². The van der Waals surface area contributed by atoms with Gasteiger partial charge in [0.1, 0.15) is 17.6 Å². The molecule has 0 unspecified atom stereocenters. The summed E-state index contributed by atoms with van der Waals surface area (Å²) < 4.78 is 24.1. The quantitative estimate of drug-likeness (QED) is 0.729. The largest absolute Gasteiger partial charge is 0.478 e. The van der Waals surface area contributed by atoms with Crippen LogP contribution in [0.15, 0.2) is 12.5 Å². The maximum atomic E-state index is 12.0. The number of nitrogens with zero attached hydrogens (tertiary/aromatic N) is 2. The number of alkyl halides is 2. The minimum Gasteiger partial charge on any atom is -0.478 e. The highest BCUT2D eigenvalue weighted by molar-refractivity contribution is 5.88. The highest BCUT2D eigenvalue weighted by atomic mass is 19.3. The van der Waals surface area contributed by atoms with E-state index in [-0.39, 0.29) is 0 Å². The molecule has 6 heteroatoms. The molecule has 0 spiro atoms. The number of carbonyl (C=O) groups is 1. The fourth-order valence-electron chi connectivity index (χ4n) is 0.678. The van der Waals surface area contributed by atoms with Gasteiger partial charge in [0.15, 0.2) is 0 Å². The molecule has 1 aromatic rings. The van der Waals surface area contributed by atoms with Crippen molar-refractivity contribution in [3.63, 3.8) is 0 Å². The number of hydrogen-bond acceptors (Lipinski definition) is 3. The minimum atomic E-state index is -2.89. The number of carboxylic acid groups (broad SMARTS) is 1. The highest BCUT2D eigenvalue weighted by Gasteiger charge is 2.18. The van der Waals surface area contributed by atoms with Crippen LogP contribution in [-0.2, 0) is 0 Å². The predicted molar refractivity (Wildman–Crippen MR) is 33.9 cm³/mol. The lowest BCUT2D eigenvalue weighted by molar-refractivity contribution is 0.0681. The first-order chi connectivity index (χ1) is 5.63. The van der Waals surface area contributed by atoms with Crippen molar-refractivity contribution in [2.75, 3.05) is 0 Å². The van der Waals surface area contributed by atoms with Crippen molar-refractivity contribution >= 4 is 5.97 Å². The highest BCUT2D eigenvalue weighted by Crippen LogP contribution is 2.18. The topological polar surface area (TPSA) is 63.1 Å². The number of hydrogen-bond donors (Lipinski definition) is 1. The van der Waals surface area contributed by atoms with Gasteiger partial charge in [-0.25, -0.2) is 23.5 Å². The smallest absolute Gasteiger partial charge is 0.339 e. The van der Waals surface area contributed by atoms with E-state index in [0.717, 1.165) is 12.5 Å². The molecule has 0 aliphatic carbocycles. The second-order valence-electron chi connectivity index (χ2n) is 1.93. The normalized spacial score (nSPS) is 10.2. The first-order valence-corrected chi connectivity index (χ1v) is 2.94. The van der Waals surface area contributed by atoms with Crippen LogP contribution in [0.25, 0.3) is 0 Å². The maximum absolute atomic E-state index is 12.0. The molecular weight excluding hydrogens is 170 g/mol. The lowest BCUT2D eigenvalue weighted by Gasteiger charge is -2.00. The fraction of sp³-hybridized carbons (Fsp3) is 0.167. The zero-order chi connectivity index (χ0) is 9.14. The van der Waals surface area contributed by atoms with Gasteiger partial charge in [-0.15, -0.1) is 0 Å². The predicted octanol–water partition coefficient (Wildman–Crippen LogP) is 1.11. The second kappa shape index (κ2) is 3.21. The zero-order valence-corrected chi connectivity index (χ0v) is 5.74. The number of aromatic carboxylic acids is 1. The first-order valence-electron chi connectivity index (χ1n) is 2.94. The molecule has 0 aliphatic rings. The van der Waals surface area contributed by atoms with E-state index in [1.807, 2.05) is 0 Å². The summed E-state index contributed by atoms with van der Waals surface area (Å²) in [6.45, 7) is 0. The molecule has 0 aliphatic heterocycles. The van der Waals surface area contributed by atoms with Gasteiger partial charge in [0.25, 0.3) is 6.43 Å². The molecule has 4 nitrogen and oxygen atoms in total. The monoisotopic (exact) mass is 174 g/mol. The number of rotatable bonds is 2. The van der Waals surface area contributed by atoms with E-state index < -0.39 is 23.7 Å². The fourth-order valence-corrected chi connectivity index (χ4v) is 0.678. The summed E-state index contributed by atoms with van der Waals surface area (Å²) in [5.41, 5.74) is -1.31. The van der Waals surface area contributed by atoms with Crippen LogP contribution < -0.4 is 0 Å². The minimum absolute atomic E-state index is 0.562. The number of aromatic nitrogens is 2. The Labute approximate surface area is 65.9 Å². The van der Waals surface area contributed by atoms with Crippen molar-refractivity contribution in [3.05, 3.63) is 23.8 Å². The molecule has 1 aromatic heterocycles. The number of halogens is 2. The van der Waals surface area contributed by atoms with Gasteiger partial charge in [0, 0.05) is 6.20 Å². The Kier molecular flexibility index (Phi) is 2.27. The van der Waals surface area contributed by atoms with Gasteiger partial charge in [0.2, 0.25) is 0 Å². The Morgan fingerprint density at radius 1 is 1.58 bits per heavy atom. The van der Waals surface area contributed by atoms with Crippen molar-refractivity contribution in [2.45, 2.75) is 6.43 Å². The van der Waals surface area contributed by atoms with E-state index >= 15 is 0 Å². The van der Waals surface area contributed by atoms with Gasteiger partial charge in [-0.3, -0.25) is 0 Å². The van der Waals surface area contributed by atoms with Gasteiger partial charge in [-0.1, -0.05) is 0 Å². The third-order valence-electron chi connectivity index (χ3n) is 1.18. The number of carboxylic acids is 1. The Bertz CT molecular complexity index is 303. The molecule has 12 heavy (non-hydrogen) atoms. The van der Waals surface area contributed by atoms with Crippen molar-refractivity contribution in [1.82, 2.24) is 9.97 Å². The third kappa shape index (κ3) is 1.52. The summed E-state index contributed by atoms with van der Waals surface area (Å²) >= 11 is 0. The molecule has 0 atom stereocenters. The van der Waals surface area contributed by atoms with Crippen LogP contribution in [0, 0.1) is 0 Å². The van der Waals surface area contributed by atoms with Gasteiger partial charge in [0.05, 0.1) is 0 Å². The van der Waals surface area contributed by atoms with Crippen molar-refractivity contribution in [1.29, 1.82) is 0 Å². The zero-order valence-electron chi connectivity index (χ0n) is 5.74.